The Hall–Kier alpha value is -2.10. The number of anilines is 1. The van der Waals surface area contributed by atoms with E-state index in [9.17, 15) is 0 Å². The van der Waals surface area contributed by atoms with Gasteiger partial charge in [-0.3, -0.25) is 0 Å². The second kappa shape index (κ2) is 5.11. The Morgan fingerprint density at radius 3 is 2.81 bits per heavy atom. The summed E-state index contributed by atoms with van der Waals surface area (Å²) < 4.78 is 5.14. The second-order valence-corrected chi connectivity index (χ2v) is 3.33. The summed E-state index contributed by atoms with van der Waals surface area (Å²) in [6, 6.07) is 7.80. The third-order valence-electron chi connectivity index (χ3n) is 2.18. The van der Waals surface area contributed by atoms with Gasteiger partial charge in [0.1, 0.15) is 12.1 Å². The van der Waals surface area contributed by atoms with Gasteiger partial charge in [0.15, 0.2) is 0 Å². The van der Waals surface area contributed by atoms with Crippen molar-refractivity contribution in [1.29, 1.82) is 0 Å². The van der Waals surface area contributed by atoms with Gasteiger partial charge in [0.25, 0.3) is 0 Å². The lowest BCUT2D eigenvalue weighted by molar-refractivity contribution is 0.415. The highest BCUT2D eigenvalue weighted by atomic mass is 16.5. The molecule has 0 saturated heterocycles. The highest BCUT2D eigenvalue weighted by Crippen LogP contribution is 2.17. The maximum Gasteiger partial charge on any atom is 0.120 e. The van der Waals surface area contributed by atoms with Gasteiger partial charge in [-0.2, -0.15) is 0 Å². The maximum atomic E-state index is 5.14. The Bertz CT molecular complexity index is 445. The third kappa shape index (κ3) is 2.70. The summed E-state index contributed by atoms with van der Waals surface area (Å²) in [5.41, 5.74) is 2.06. The molecule has 0 atom stereocenters. The zero-order valence-corrected chi connectivity index (χ0v) is 9.05. The summed E-state index contributed by atoms with van der Waals surface area (Å²) in [5.74, 6) is 0.842. The van der Waals surface area contributed by atoms with Crippen LogP contribution in [0.3, 0.4) is 0 Å². The quantitative estimate of drug-likeness (QED) is 0.848. The van der Waals surface area contributed by atoms with E-state index >= 15 is 0 Å². The lowest BCUT2D eigenvalue weighted by Gasteiger charge is -2.07. The van der Waals surface area contributed by atoms with Crippen molar-refractivity contribution in [1.82, 2.24) is 9.97 Å². The number of methoxy groups -OCH3 is 1. The van der Waals surface area contributed by atoms with Gasteiger partial charge in [-0.25, -0.2) is 9.97 Å². The molecule has 0 fully saturated rings. The Balaban J connectivity index is 1.99. The van der Waals surface area contributed by atoms with Crippen LogP contribution in [0.25, 0.3) is 0 Å². The van der Waals surface area contributed by atoms with Crippen LogP contribution in [0.5, 0.6) is 5.75 Å². The monoisotopic (exact) mass is 215 g/mol. The molecule has 4 nitrogen and oxygen atoms in total. The molecule has 0 radical (unpaired) electrons. The highest BCUT2D eigenvalue weighted by Gasteiger charge is 1.96. The second-order valence-electron chi connectivity index (χ2n) is 3.33. The van der Waals surface area contributed by atoms with Crippen molar-refractivity contribution >= 4 is 5.69 Å². The zero-order valence-electron chi connectivity index (χ0n) is 9.05. The highest BCUT2D eigenvalue weighted by molar-refractivity contribution is 5.48. The minimum Gasteiger partial charge on any atom is -0.497 e. The minimum absolute atomic E-state index is 0.702. The number of nitrogens with one attached hydrogen (secondary N) is 1. The van der Waals surface area contributed by atoms with E-state index in [1.165, 1.54) is 6.33 Å². The molecule has 0 amide bonds. The van der Waals surface area contributed by atoms with Crippen LogP contribution in [0, 0.1) is 0 Å². The van der Waals surface area contributed by atoms with Crippen LogP contribution in [0.1, 0.15) is 5.56 Å². The molecule has 4 heteroatoms. The van der Waals surface area contributed by atoms with E-state index < -0.39 is 0 Å². The molecular formula is C12H13N3O. The van der Waals surface area contributed by atoms with Gasteiger partial charge in [-0.1, -0.05) is 6.07 Å². The van der Waals surface area contributed by atoms with Crippen molar-refractivity contribution in [3.8, 4) is 5.75 Å². The van der Waals surface area contributed by atoms with Crippen molar-refractivity contribution in [2.75, 3.05) is 12.4 Å². The van der Waals surface area contributed by atoms with E-state index in [4.69, 9.17) is 4.74 Å². The molecule has 1 heterocycles. The molecule has 0 aliphatic rings. The predicted octanol–water partition coefficient (Wildman–Crippen LogP) is 2.10. The van der Waals surface area contributed by atoms with Crippen molar-refractivity contribution in [3.05, 3.63) is 48.5 Å². The van der Waals surface area contributed by atoms with Crippen LogP contribution in [0.2, 0.25) is 0 Å². The predicted molar refractivity (Wildman–Crippen MR) is 62.4 cm³/mol. The van der Waals surface area contributed by atoms with Crippen LogP contribution in [-0.4, -0.2) is 17.1 Å². The van der Waals surface area contributed by atoms with Crippen LogP contribution >= 0.6 is 0 Å². The van der Waals surface area contributed by atoms with Crippen LogP contribution in [0.15, 0.2) is 43.0 Å². The van der Waals surface area contributed by atoms with Crippen LogP contribution < -0.4 is 10.1 Å². The van der Waals surface area contributed by atoms with E-state index in [-0.39, 0.29) is 0 Å². The fourth-order valence-electron chi connectivity index (χ4n) is 1.36. The fraction of sp³-hybridized carbons (Fsp3) is 0.167. The number of rotatable bonds is 4. The Morgan fingerprint density at radius 2 is 2.06 bits per heavy atom. The average Bonchev–Trinajstić information content (AvgIpc) is 2.38. The van der Waals surface area contributed by atoms with Gasteiger partial charge < -0.3 is 10.1 Å². The van der Waals surface area contributed by atoms with Gasteiger partial charge in [0.2, 0.25) is 0 Å². The summed E-state index contributed by atoms with van der Waals surface area (Å²) in [6.07, 6.45) is 5.11. The van der Waals surface area contributed by atoms with E-state index in [2.05, 4.69) is 15.3 Å². The first-order chi connectivity index (χ1) is 7.88. The average molecular weight is 215 g/mol. The Kier molecular flexibility index (Phi) is 3.33. The molecule has 0 saturated carbocycles. The van der Waals surface area contributed by atoms with Crippen LogP contribution in [-0.2, 0) is 6.54 Å². The van der Waals surface area contributed by atoms with E-state index in [0.717, 1.165) is 17.0 Å². The Morgan fingerprint density at radius 1 is 1.25 bits per heavy atom. The number of hydrogen-bond donors (Lipinski definition) is 1. The number of benzene rings is 1. The van der Waals surface area contributed by atoms with Crippen LogP contribution in [0.4, 0.5) is 5.69 Å². The Labute approximate surface area is 94.3 Å². The number of nitrogens with zero attached hydrogens (tertiary/aromatic N) is 2. The molecule has 0 aliphatic heterocycles. The minimum atomic E-state index is 0.702. The summed E-state index contributed by atoms with van der Waals surface area (Å²) in [4.78, 5) is 7.91. The third-order valence-corrected chi connectivity index (χ3v) is 2.18. The first-order valence-electron chi connectivity index (χ1n) is 5.00. The van der Waals surface area contributed by atoms with Gasteiger partial charge in [0, 0.05) is 36.3 Å². The van der Waals surface area contributed by atoms with Gasteiger partial charge in [0.05, 0.1) is 7.11 Å². The standard InChI is InChI=1S/C12H13N3O/c1-16-12-4-2-3-11(5-12)15-8-10-6-13-9-14-7-10/h2-7,9,15H,8H2,1H3. The largest absolute Gasteiger partial charge is 0.497 e. The fourth-order valence-corrected chi connectivity index (χ4v) is 1.36. The molecule has 1 N–H and O–H groups in total. The zero-order chi connectivity index (χ0) is 11.2. The summed E-state index contributed by atoms with van der Waals surface area (Å²) in [7, 11) is 1.66. The molecule has 0 unspecified atom stereocenters. The number of ether oxygens (including phenoxy) is 1. The van der Waals surface area contributed by atoms with Crippen molar-refractivity contribution in [2.24, 2.45) is 0 Å². The molecule has 1 aromatic carbocycles. The lowest BCUT2D eigenvalue weighted by Crippen LogP contribution is -2.00. The number of aromatic nitrogens is 2. The lowest BCUT2D eigenvalue weighted by atomic mass is 10.3. The number of hydrogen-bond acceptors (Lipinski definition) is 4. The first-order valence-corrected chi connectivity index (χ1v) is 5.00. The van der Waals surface area contributed by atoms with Crippen molar-refractivity contribution in [3.63, 3.8) is 0 Å². The van der Waals surface area contributed by atoms with Crippen molar-refractivity contribution in [2.45, 2.75) is 6.54 Å². The smallest absolute Gasteiger partial charge is 0.120 e. The topological polar surface area (TPSA) is 47.0 Å². The van der Waals surface area contributed by atoms with Crippen molar-refractivity contribution < 1.29 is 4.74 Å². The molecule has 1 aromatic heterocycles. The molecule has 2 rings (SSSR count). The molecular weight excluding hydrogens is 202 g/mol. The molecule has 16 heavy (non-hydrogen) atoms. The van der Waals surface area contributed by atoms with E-state index in [1.807, 2.05) is 24.3 Å². The molecule has 0 spiro atoms. The first kappa shape index (κ1) is 10.4. The SMILES string of the molecule is COc1cccc(NCc2cncnc2)c1. The molecule has 2 aromatic rings. The van der Waals surface area contributed by atoms with E-state index in [1.54, 1.807) is 19.5 Å². The summed E-state index contributed by atoms with van der Waals surface area (Å²) >= 11 is 0. The molecule has 0 bridgehead atoms. The summed E-state index contributed by atoms with van der Waals surface area (Å²) in [6.45, 7) is 0.702. The van der Waals surface area contributed by atoms with Gasteiger partial charge >= 0.3 is 0 Å². The van der Waals surface area contributed by atoms with Gasteiger partial charge in [-0.15, -0.1) is 0 Å². The normalized spacial score (nSPS) is 9.81. The molecule has 0 aliphatic carbocycles. The van der Waals surface area contributed by atoms with Gasteiger partial charge in [-0.05, 0) is 12.1 Å². The molecule has 82 valence electrons. The maximum absolute atomic E-state index is 5.14. The summed E-state index contributed by atoms with van der Waals surface area (Å²) in [5, 5.41) is 3.28. The van der Waals surface area contributed by atoms with E-state index in [0.29, 0.717) is 6.54 Å².